The van der Waals surface area contributed by atoms with Crippen molar-refractivity contribution in [2.75, 3.05) is 0 Å². The van der Waals surface area contributed by atoms with Gasteiger partial charge in [-0.15, -0.1) is 0 Å². The van der Waals surface area contributed by atoms with Crippen LogP contribution in [0.4, 0.5) is 4.39 Å². The molecule has 0 saturated heterocycles. The first-order valence-corrected chi connectivity index (χ1v) is 6.58. The van der Waals surface area contributed by atoms with Crippen LogP contribution in [-0.4, -0.2) is 11.9 Å². The van der Waals surface area contributed by atoms with Gasteiger partial charge in [0.2, 0.25) is 5.78 Å². The molecule has 0 bridgehead atoms. The molecule has 0 N–H and O–H groups in total. The molecule has 2 aromatic carbocycles. The van der Waals surface area contributed by atoms with E-state index in [1.165, 1.54) is 12.1 Å². The maximum absolute atomic E-state index is 13.2. The Morgan fingerprint density at radius 3 is 2.45 bits per heavy atom. The fraction of sp³-hybridized carbons (Fsp3) is 0.188. The molecule has 0 aliphatic heterocycles. The Balaban J connectivity index is 2.11. The molecule has 1 unspecified atom stereocenters. The van der Waals surface area contributed by atoms with Crippen LogP contribution in [0.1, 0.15) is 22.8 Å². The number of ether oxygens (including phenoxy) is 1. The average Bonchev–Trinajstić information content (AvgIpc) is 2.43. The van der Waals surface area contributed by atoms with Crippen LogP contribution in [0.5, 0.6) is 5.75 Å². The summed E-state index contributed by atoms with van der Waals surface area (Å²) < 4.78 is 18.7. The zero-order valence-electron chi connectivity index (χ0n) is 11.2. The van der Waals surface area contributed by atoms with Crippen LogP contribution in [0.15, 0.2) is 42.5 Å². The van der Waals surface area contributed by atoms with Crippen molar-refractivity contribution in [3.63, 3.8) is 0 Å². The Morgan fingerprint density at radius 2 is 1.85 bits per heavy atom. The quantitative estimate of drug-likeness (QED) is 0.779. The molecule has 4 heteroatoms. The van der Waals surface area contributed by atoms with E-state index >= 15 is 0 Å². The summed E-state index contributed by atoms with van der Waals surface area (Å²) in [6.45, 7) is 3.31. The van der Waals surface area contributed by atoms with Gasteiger partial charge in [-0.3, -0.25) is 4.79 Å². The Hall–Kier alpha value is -1.87. The maximum Gasteiger partial charge on any atom is 0.202 e. The van der Waals surface area contributed by atoms with Gasteiger partial charge in [0.05, 0.1) is 0 Å². The third kappa shape index (κ3) is 3.36. The molecule has 2 nitrogen and oxygen atoms in total. The van der Waals surface area contributed by atoms with E-state index in [2.05, 4.69) is 0 Å². The number of Topliss-reactive ketones (excluding diaryl/α,β-unsaturated/α-hetero) is 1. The third-order valence-corrected chi connectivity index (χ3v) is 3.19. The van der Waals surface area contributed by atoms with Crippen LogP contribution in [-0.2, 0) is 0 Å². The molecular weight excluding hydrogens is 279 g/mol. The minimum Gasteiger partial charge on any atom is -0.483 e. The minimum absolute atomic E-state index is 0.149. The van der Waals surface area contributed by atoms with Crippen LogP contribution in [0.25, 0.3) is 0 Å². The van der Waals surface area contributed by atoms with Crippen molar-refractivity contribution in [3.05, 3.63) is 64.4 Å². The van der Waals surface area contributed by atoms with Crippen molar-refractivity contribution < 1.29 is 13.9 Å². The summed E-state index contributed by atoms with van der Waals surface area (Å²) in [6.07, 6.45) is -0.652. The predicted octanol–water partition coefficient (Wildman–Crippen LogP) is 4.44. The van der Waals surface area contributed by atoms with Gasteiger partial charge in [-0.1, -0.05) is 11.6 Å². The summed E-state index contributed by atoms with van der Waals surface area (Å²) in [5, 5.41) is 0.573. The minimum atomic E-state index is -0.652. The van der Waals surface area contributed by atoms with E-state index in [0.29, 0.717) is 21.9 Å². The highest BCUT2D eigenvalue weighted by Crippen LogP contribution is 2.19. The van der Waals surface area contributed by atoms with Crippen molar-refractivity contribution >= 4 is 17.4 Å². The Morgan fingerprint density at radius 1 is 1.20 bits per heavy atom. The molecular formula is C16H14ClFO2. The van der Waals surface area contributed by atoms with Gasteiger partial charge in [-0.2, -0.15) is 0 Å². The SMILES string of the molecule is Cc1cc(OC(C)C(=O)c2ccc(Cl)cc2)ccc1F. The molecule has 0 radical (unpaired) electrons. The van der Waals surface area contributed by atoms with Gasteiger partial charge < -0.3 is 4.74 Å². The summed E-state index contributed by atoms with van der Waals surface area (Å²) in [7, 11) is 0. The van der Waals surface area contributed by atoms with E-state index in [4.69, 9.17) is 16.3 Å². The van der Waals surface area contributed by atoms with Gasteiger partial charge in [0, 0.05) is 10.6 Å². The lowest BCUT2D eigenvalue weighted by atomic mass is 10.1. The fourth-order valence-corrected chi connectivity index (χ4v) is 1.92. The second kappa shape index (κ2) is 6.06. The highest BCUT2D eigenvalue weighted by molar-refractivity contribution is 6.30. The zero-order chi connectivity index (χ0) is 14.7. The molecule has 0 amide bonds. The van der Waals surface area contributed by atoms with Crippen molar-refractivity contribution in [1.29, 1.82) is 0 Å². The number of hydrogen-bond acceptors (Lipinski definition) is 2. The van der Waals surface area contributed by atoms with E-state index in [1.807, 2.05) is 0 Å². The highest BCUT2D eigenvalue weighted by Gasteiger charge is 2.17. The fourth-order valence-electron chi connectivity index (χ4n) is 1.80. The van der Waals surface area contributed by atoms with Crippen molar-refractivity contribution in [3.8, 4) is 5.75 Å². The van der Waals surface area contributed by atoms with Crippen LogP contribution in [0, 0.1) is 12.7 Å². The standard InChI is InChI=1S/C16H14ClFO2/c1-10-9-14(7-8-15(10)18)20-11(2)16(19)12-3-5-13(17)6-4-12/h3-9,11H,1-2H3. The predicted molar refractivity (Wildman–Crippen MR) is 77.0 cm³/mol. The summed E-state index contributed by atoms with van der Waals surface area (Å²) >= 11 is 5.78. The van der Waals surface area contributed by atoms with E-state index in [1.54, 1.807) is 44.2 Å². The smallest absolute Gasteiger partial charge is 0.202 e. The molecule has 104 valence electrons. The molecule has 0 fully saturated rings. The third-order valence-electron chi connectivity index (χ3n) is 2.94. The van der Waals surface area contributed by atoms with Crippen molar-refractivity contribution in [1.82, 2.24) is 0 Å². The Kier molecular flexibility index (Phi) is 4.40. The van der Waals surface area contributed by atoms with E-state index in [0.717, 1.165) is 0 Å². The molecule has 0 heterocycles. The largest absolute Gasteiger partial charge is 0.483 e. The number of carbonyl (C=O) groups excluding carboxylic acids is 1. The molecule has 0 spiro atoms. The molecule has 0 aromatic heterocycles. The van der Waals surface area contributed by atoms with E-state index < -0.39 is 6.10 Å². The monoisotopic (exact) mass is 292 g/mol. The van der Waals surface area contributed by atoms with Crippen LogP contribution in [0.3, 0.4) is 0 Å². The van der Waals surface area contributed by atoms with Gasteiger partial charge in [0.1, 0.15) is 11.6 Å². The lowest BCUT2D eigenvalue weighted by Gasteiger charge is -2.14. The molecule has 0 saturated carbocycles. The average molecular weight is 293 g/mol. The van der Waals surface area contributed by atoms with Gasteiger partial charge >= 0.3 is 0 Å². The maximum atomic E-state index is 13.2. The van der Waals surface area contributed by atoms with Crippen molar-refractivity contribution in [2.45, 2.75) is 20.0 Å². The zero-order valence-corrected chi connectivity index (χ0v) is 11.9. The lowest BCUT2D eigenvalue weighted by molar-refractivity contribution is 0.0818. The second-order valence-electron chi connectivity index (χ2n) is 4.54. The Labute approximate surface area is 122 Å². The van der Waals surface area contributed by atoms with Gasteiger partial charge in [0.15, 0.2) is 6.10 Å². The number of hydrogen-bond donors (Lipinski definition) is 0. The topological polar surface area (TPSA) is 26.3 Å². The second-order valence-corrected chi connectivity index (χ2v) is 4.98. The van der Waals surface area contributed by atoms with Gasteiger partial charge in [0.25, 0.3) is 0 Å². The molecule has 1 atom stereocenters. The number of carbonyl (C=O) groups is 1. The number of ketones is 1. The molecule has 0 aliphatic rings. The van der Waals surface area contributed by atoms with Gasteiger partial charge in [-0.05, 0) is 61.9 Å². The van der Waals surface area contributed by atoms with Crippen LogP contribution < -0.4 is 4.74 Å². The number of aryl methyl sites for hydroxylation is 1. The normalized spacial score (nSPS) is 12.0. The lowest BCUT2D eigenvalue weighted by Crippen LogP contribution is -2.23. The molecule has 0 aliphatic carbocycles. The summed E-state index contributed by atoms with van der Waals surface area (Å²) in [6, 6.07) is 11.0. The first-order valence-electron chi connectivity index (χ1n) is 6.20. The molecule has 2 aromatic rings. The number of halogens is 2. The van der Waals surface area contributed by atoms with Crippen LogP contribution >= 0.6 is 11.6 Å². The number of rotatable bonds is 4. The molecule has 20 heavy (non-hydrogen) atoms. The van der Waals surface area contributed by atoms with E-state index in [9.17, 15) is 9.18 Å². The number of benzene rings is 2. The Bertz CT molecular complexity index is 623. The first-order chi connectivity index (χ1) is 9.47. The highest BCUT2D eigenvalue weighted by atomic mass is 35.5. The van der Waals surface area contributed by atoms with Crippen molar-refractivity contribution in [2.24, 2.45) is 0 Å². The first kappa shape index (κ1) is 14.5. The summed E-state index contributed by atoms with van der Waals surface area (Å²) in [5.41, 5.74) is 1.01. The summed E-state index contributed by atoms with van der Waals surface area (Å²) in [5.74, 6) is 0.0244. The molecule has 2 rings (SSSR count). The van der Waals surface area contributed by atoms with Crippen LogP contribution in [0.2, 0.25) is 5.02 Å². The van der Waals surface area contributed by atoms with E-state index in [-0.39, 0.29) is 11.6 Å². The summed E-state index contributed by atoms with van der Waals surface area (Å²) in [4.78, 5) is 12.2. The van der Waals surface area contributed by atoms with Gasteiger partial charge in [-0.25, -0.2) is 4.39 Å².